The lowest BCUT2D eigenvalue weighted by molar-refractivity contribution is -0.133. The molecule has 0 spiro atoms. The lowest BCUT2D eigenvalue weighted by Crippen LogP contribution is -2.50. The molecule has 1 aliphatic heterocycles. The summed E-state index contributed by atoms with van der Waals surface area (Å²) >= 11 is 5.88. The van der Waals surface area contributed by atoms with Crippen molar-refractivity contribution in [3.05, 3.63) is 41.0 Å². The molecule has 1 amide bonds. The van der Waals surface area contributed by atoms with E-state index in [1.165, 1.54) is 32.1 Å². The average Bonchev–Trinajstić information content (AvgIpc) is 2.79. The minimum atomic E-state index is -0.00637. The summed E-state index contributed by atoms with van der Waals surface area (Å²) in [6.07, 6.45) is 6.24. The van der Waals surface area contributed by atoms with Crippen molar-refractivity contribution in [1.29, 1.82) is 0 Å². The second-order valence-electron chi connectivity index (χ2n) is 8.28. The van der Waals surface area contributed by atoms with Crippen LogP contribution in [0.1, 0.15) is 37.8 Å². The van der Waals surface area contributed by atoms with E-state index in [-0.39, 0.29) is 12.5 Å². The summed E-state index contributed by atoms with van der Waals surface area (Å²) in [6, 6.07) is 9.53. The Morgan fingerprint density at radius 3 is 2.52 bits per heavy atom. The van der Waals surface area contributed by atoms with Crippen LogP contribution >= 0.6 is 11.6 Å². The molecule has 4 rings (SSSR count). The minimum absolute atomic E-state index is 0.00637. The average molecular weight is 444 g/mol. The number of carbonyl (C=O) groups excluding carboxylic acids is 1. The topological polar surface area (TPSA) is 70.6 Å². The predicted octanol–water partition coefficient (Wildman–Crippen LogP) is 3.91. The van der Waals surface area contributed by atoms with Crippen molar-refractivity contribution < 1.29 is 9.53 Å². The van der Waals surface area contributed by atoms with Crippen molar-refractivity contribution >= 4 is 29.3 Å². The van der Waals surface area contributed by atoms with Crippen molar-refractivity contribution in [1.82, 2.24) is 14.9 Å². The van der Waals surface area contributed by atoms with Gasteiger partial charge in [-0.2, -0.15) is 4.98 Å². The van der Waals surface area contributed by atoms with Gasteiger partial charge in [-0.3, -0.25) is 4.79 Å². The number of piperazine rings is 1. The molecule has 0 bridgehead atoms. The number of aromatic nitrogens is 2. The van der Waals surface area contributed by atoms with Gasteiger partial charge in [0.2, 0.25) is 5.95 Å². The van der Waals surface area contributed by atoms with Crippen molar-refractivity contribution in [2.75, 3.05) is 43.0 Å². The van der Waals surface area contributed by atoms with E-state index in [4.69, 9.17) is 21.3 Å². The van der Waals surface area contributed by atoms with Crippen LogP contribution in [0.3, 0.4) is 0 Å². The van der Waals surface area contributed by atoms with E-state index in [0.29, 0.717) is 29.9 Å². The molecular weight excluding hydrogens is 414 g/mol. The van der Waals surface area contributed by atoms with Gasteiger partial charge < -0.3 is 19.9 Å². The van der Waals surface area contributed by atoms with Crippen LogP contribution in [0.2, 0.25) is 5.02 Å². The zero-order valence-corrected chi connectivity index (χ0v) is 18.8. The molecule has 1 saturated heterocycles. The molecular formula is C23H30ClN5O2. The highest BCUT2D eigenvalue weighted by molar-refractivity contribution is 6.30. The molecule has 2 heterocycles. The summed E-state index contributed by atoms with van der Waals surface area (Å²) in [4.78, 5) is 26.0. The quantitative estimate of drug-likeness (QED) is 0.729. The largest absolute Gasteiger partial charge is 0.484 e. The normalized spacial score (nSPS) is 17.5. The number of ether oxygens (including phenoxy) is 1. The third-order valence-corrected chi connectivity index (χ3v) is 6.16. The molecule has 7 nitrogen and oxygen atoms in total. The molecule has 1 aliphatic carbocycles. The smallest absolute Gasteiger partial charge is 0.260 e. The van der Waals surface area contributed by atoms with E-state index >= 15 is 0 Å². The van der Waals surface area contributed by atoms with E-state index in [2.05, 4.69) is 15.2 Å². The maximum Gasteiger partial charge on any atom is 0.260 e. The summed E-state index contributed by atoms with van der Waals surface area (Å²) in [7, 11) is 0. The molecule has 2 aromatic rings. The molecule has 166 valence electrons. The fraction of sp³-hybridized carbons (Fsp3) is 0.522. The fourth-order valence-corrected chi connectivity index (χ4v) is 4.29. The summed E-state index contributed by atoms with van der Waals surface area (Å²) in [5, 5.41) is 4.17. The van der Waals surface area contributed by atoms with Gasteiger partial charge >= 0.3 is 0 Å². The number of aryl methyl sites for hydroxylation is 1. The number of amides is 1. The molecule has 0 atom stereocenters. The van der Waals surface area contributed by atoms with Gasteiger partial charge in [-0.25, -0.2) is 4.98 Å². The van der Waals surface area contributed by atoms with Crippen LogP contribution in [-0.4, -0.2) is 59.6 Å². The number of anilines is 2. The van der Waals surface area contributed by atoms with Crippen LogP contribution in [0.15, 0.2) is 30.3 Å². The fourth-order valence-electron chi connectivity index (χ4n) is 4.16. The first kappa shape index (κ1) is 21.7. The molecule has 1 N–H and O–H groups in total. The monoisotopic (exact) mass is 443 g/mol. The number of benzene rings is 1. The second-order valence-corrected chi connectivity index (χ2v) is 8.72. The van der Waals surface area contributed by atoms with Crippen LogP contribution in [0.4, 0.5) is 11.8 Å². The van der Waals surface area contributed by atoms with Crippen molar-refractivity contribution in [3.63, 3.8) is 0 Å². The Labute approximate surface area is 188 Å². The number of hydrogen-bond donors (Lipinski definition) is 1. The lowest BCUT2D eigenvalue weighted by atomic mass is 9.96. The summed E-state index contributed by atoms with van der Waals surface area (Å²) < 4.78 is 5.60. The molecule has 1 aromatic carbocycles. The maximum absolute atomic E-state index is 12.5. The van der Waals surface area contributed by atoms with Crippen LogP contribution in [0, 0.1) is 6.92 Å². The molecule has 1 aromatic heterocycles. The highest BCUT2D eigenvalue weighted by atomic mass is 35.5. The number of nitrogens with one attached hydrogen (secondary N) is 1. The molecule has 0 radical (unpaired) electrons. The highest BCUT2D eigenvalue weighted by Gasteiger charge is 2.23. The molecule has 0 unspecified atom stereocenters. The first-order chi connectivity index (χ1) is 15.1. The van der Waals surface area contributed by atoms with Gasteiger partial charge in [0.25, 0.3) is 5.91 Å². The van der Waals surface area contributed by atoms with Crippen LogP contribution in [0.5, 0.6) is 5.75 Å². The molecule has 31 heavy (non-hydrogen) atoms. The third-order valence-electron chi connectivity index (χ3n) is 5.91. The minimum Gasteiger partial charge on any atom is -0.484 e. The van der Waals surface area contributed by atoms with E-state index < -0.39 is 0 Å². The van der Waals surface area contributed by atoms with Crippen molar-refractivity contribution in [2.24, 2.45) is 0 Å². The number of hydrogen-bond acceptors (Lipinski definition) is 6. The Kier molecular flexibility index (Phi) is 7.12. The van der Waals surface area contributed by atoms with Crippen LogP contribution in [-0.2, 0) is 4.79 Å². The Hall–Kier alpha value is -2.54. The van der Waals surface area contributed by atoms with Crippen molar-refractivity contribution in [2.45, 2.75) is 45.1 Å². The van der Waals surface area contributed by atoms with Gasteiger partial charge in [0.15, 0.2) is 6.61 Å². The summed E-state index contributed by atoms with van der Waals surface area (Å²) in [5.41, 5.74) is 0.957. The van der Waals surface area contributed by atoms with E-state index in [9.17, 15) is 4.79 Å². The van der Waals surface area contributed by atoms with E-state index in [1.807, 2.05) is 17.9 Å². The van der Waals surface area contributed by atoms with Gasteiger partial charge in [-0.1, -0.05) is 30.9 Å². The predicted molar refractivity (Wildman–Crippen MR) is 123 cm³/mol. The summed E-state index contributed by atoms with van der Waals surface area (Å²) in [5.74, 6) is 2.28. The molecule has 1 saturated carbocycles. The Morgan fingerprint density at radius 2 is 1.81 bits per heavy atom. The van der Waals surface area contributed by atoms with Crippen molar-refractivity contribution in [3.8, 4) is 5.75 Å². The number of rotatable bonds is 6. The SMILES string of the molecule is Cc1cc(N2CCN(C(=O)COc3ccc(Cl)cc3)CC2)nc(NC2CCCCC2)n1. The first-order valence-corrected chi connectivity index (χ1v) is 11.5. The Morgan fingerprint density at radius 1 is 1.10 bits per heavy atom. The Bertz CT molecular complexity index is 878. The number of carbonyl (C=O) groups is 1. The van der Waals surface area contributed by atoms with Gasteiger partial charge in [0.05, 0.1) is 0 Å². The molecule has 2 aliphatic rings. The van der Waals surface area contributed by atoms with Gasteiger partial charge in [0.1, 0.15) is 11.6 Å². The first-order valence-electron chi connectivity index (χ1n) is 11.1. The zero-order valence-electron chi connectivity index (χ0n) is 18.0. The molecule has 8 heteroatoms. The third kappa shape index (κ3) is 6.00. The van der Waals surface area contributed by atoms with Gasteiger partial charge in [-0.15, -0.1) is 0 Å². The number of nitrogens with zero attached hydrogens (tertiary/aromatic N) is 4. The zero-order chi connectivity index (χ0) is 21.6. The van der Waals surface area contributed by atoms with E-state index in [0.717, 1.165) is 30.5 Å². The van der Waals surface area contributed by atoms with E-state index in [1.54, 1.807) is 24.3 Å². The number of halogens is 1. The standard InChI is InChI=1S/C23H30ClN5O2/c1-17-15-21(27-23(25-17)26-19-5-3-2-4-6-19)28-11-13-29(14-12-28)22(30)16-31-20-9-7-18(24)8-10-20/h7-10,15,19H,2-6,11-14,16H2,1H3,(H,25,26,27). The van der Waals surface area contributed by atoms with Gasteiger partial charge in [-0.05, 0) is 44.0 Å². The summed E-state index contributed by atoms with van der Waals surface area (Å²) in [6.45, 7) is 4.82. The van der Waals surface area contributed by atoms with Gasteiger partial charge in [0, 0.05) is 49.0 Å². The van der Waals surface area contributed by atoms with Crippen LogP contribution in [0.25, 0.3) is 0 Å². The second kappa shape index (κ2) is 10.2. The lowest BCUT2D eigenvalue weighted by Gasteiger charge is -2.35. The Balaban J connectivity index is 1.29. The highest BCUT2D eigenvalue weighted by Crippen LogP contribution is 2.22. The molecule has 2 fully saturated rings. The maximum atomic E-state index is 12.5. The van der Waals surface area contributed by atoms with Crippen LogP contribution < -0.4 is 15.0 Å².